The minimum absolute atomic E-state index is 0.228. The van der Waals surface area contributed by atoms with Crippen molar-refractivity contribution in [2.24, 2.45) is 7.05 Å². The molecular formula is C19H23N3O4S. The lowest BCUT2D eigenvalue weighted by molar-refractivity contribution is 0.0697. The molecule has 0 aliphatic carbocycles. The zero-order chi connectivity index (χ0) is 19.8. The van der Waals surface area contributed by atoms with Crippen LogP contribution in [0.5, 0.6) is 0 Å². The molecule has 27 heavy (non-hydrogen) atoms. The number of aromatic nitrogens is 1. The Kier molecular flexibility index (Phi) is 5.21. The molecule has 1 fully saturated rings. The Morgan fingerprint density at radius 2 is 1.67 bits per heavy atom. The molecule has 1 aromatic carbocycles. The summed E-state index contributed by atoms with van der Waals surface area (Å²) in [6, 6.07) is 8.18. The number of piperazine rings is 1. The summed E-state index contributed by atoms with van der Waals surface area (Å²) in [6.45, 7) is 4.75. The van der Waals surface area contributed by atoms with Crippen molar-refractivity contribution in [3.63, 3.8) is 0 Å². The molecule has 1 aliphatic rings. The van der Waals surface area contributed by atoms with Crippen LogP contribution in [-0.4, -0.2) is 54.3 Å². The van der Waals surface area contributed by atoms with Crippen LogP contribution in [0.15, 0.2) is 46.2 Å². The minimum Gasteiger partial charge on any atom is -0.336 e. The SMILES string of the molecule is Cc1ccc(S(=O)(=O)N2CCN(C(=O)c3ccn(C)c(=O)c3)CC2)c(C)c1. The number of aryl methyl sites for hydroxylation is 3. The molecule has 1 amide bonds. The summed E-state index contributed by atoms with van der Waals surface area (Å²) in [7, 11) is -1.98. The third-order valence-corrected chi connectivity index (χ3v) is 6.88. The number of hydrogen-bond acceptors (Lipinski definition) is 4. The first-order chi connectivity index (χ1) is 12.7. The standard InChI is InChI=1S/C19H23N3O4S/c1-14-4-5-17(15(2)12-14)27(25,26)22-10-8-21(9-11-22)19(24)16-6-7-20(3)18(23)13-16/h4-7,12-13H,8-11H2,1-3H3. The Morgan fingerprint density at radius 3 is 2.26 bits per heavy atom. The van der Waals surface area contributed by atoms with Crippen LogP contribution in [0.1, 0.15) is 21.5 Å². The fraction of sp³-hybridized carbons (Fsp3) is 0.368. The number of carbonyl (C=O) groups excluding carboxylic acids is 1. The zero-order valence-electron chi connectivity index (χ0n) is 15.7. The molecule has 3 rings (SSSR count). The summed E-state index contributed by atoms with van der Waals surface area (Å²) < 4.78 is 28.7. The zero-order valence-corrected chi connectivity index (χ0v) is 16.5. The lowest BCUT2D eigenvalue weighted by Gasteiger charge is -2.34. The molecule has 1 aliphatic heterocycles. The maximum absolute atomic E-state index is 12.9. The summed E-state index contributed by atoms with van der Waals surface area (Å²) in [4.78, 5) is 26.2. The van der Waals surface area contributed by atoms with E-state index in [0.717, 1.165) is 5.56 Å². The van der Waals surface area contributed by atoms with E-state index in [-0.39, 0.29) is 37.6 Å². The van der Waals surface area contributed by atoms with E-state index in [0.29, 0.717) is 16.0 Å². The molecule has 0 atom stereocenters. The van der Waals surface area contributed by atoms with Gasteiger partial charge in [-0.05, 0) is 31.5 Å². The van der Waals surface area contributed by atoms with Gasteiger partial charge in [-0.2, -0.15) is 4.31 Å². The molecule has 0 N–H and O–H groups in total. The number of carbonyl (C=O) groups is 1. The van der Waals surface area contributed by atoms with E-state index in [4.69, 9.17) is 0 Å². The average molecular weight is 389 g/mol. The number of rotatable bonds is 3. The Balaban J connectivity index is 1.73. The van der Waals surface area contributed by atoms with Crippen LogP contribution in [-0.2, 0) is 17.1 Å². The van der Waals surface area contributed by atoms with Crippen LogP contribution in [0.3, 0.4) is 0 Å². The molecule has 0 unspecified atom stereocenters. The molecule has 7 nitrogen and oxygen atoms in total. The topological polar surface area (TPSA) is 79.7 Å². The molecule has 0 radical (unpaired) electrons. The van der Waals surface area contributed by atoms with Crippen molar-refractivity contribution in [3.05, 3.63) is 63.6 Å². The van der Waals surface area contributed by atoms with Gasteiger partial charge in [0.1, 0.15) is 0 Å². The first kappa shape index (κ1) is 19.3. The Bertz CT molecular complexity index is 1040. The van der Waals surface area contributed by atoms with E-state index in [1.165, 1.54) is 14.9 Å². The lowest BCUT2D eigenvalue weighted by Crippen LogP contribution is -2.50. The first-order valence-electron chi connectivity index (χ1n) is 8.73. The highest BCUT2D eigenvalue weighted by molar-refractivity contribution is 7.89. The van der Waals surface area contributed by atoms with Gasteiger partial charge in [-0.25, -0.2) is 8.42 Å². The molecule has 8 heteroatoms. The smallest absolute Gasteiger partial charge is 0.254 e. The second kappa shape index (κ2) is 7.28. The third-order valence-electron chi connectivity index (χ3n) is 4.83. The van der Waals surface area contributed by atoms with Gasteiger partial charge in [0.15, 0.2) is 0 Å². The van der Waals surface area contributed by atoms with Gasteiger partial charge in [0.2, 0.25) is 10.0 Å². The van der Waals surface area contributed by atoms with Crippen molar-refractivity contribution in [2.45, 2.75) is 18.7 Å². The normalized spacial score (nSPS) is 15.7. The highest BCUT2D eigenvalue weighted by atomic mass is 32.2. The van der Waals surface area contributed by atoms with Crippen LogP contribution in [0.4, 0.5) is 0 Å². The van der Waals surface area contributed by atoms with E-state index in [1.54, 1.807) is 43.3 Å². The second-order valence-electron chi connectivity index (χ2n) is 6.83. The Morgan fingerprint density at radius 1 is 1.00 bits per heavy atom. The number of sulfonamides is 1. The van der Waals surface area contributed by atoms with Crippen LogP contribution >= 0.6 is 0 Å². The van der Waals surface area contributed by atoms with Gasteiger partial charge in [0.05, 0.1) is 4.90 Å². The average Bonchev–Trinajstić information content (AvgIpc) is 2.63. The number of benzene rings is 1. The van der Waals surface area contributed by atoms with E-state index < -0.39 is 10.0 Å². The van der Waals surface area contributed by atoms with Crippen molar-refractivity contribution in [3.8, 4) is 0 Å². The van der Waals surface area contributed by atoms with Gasteiger partial charge >= 0.3 is 0 Å². The lowest BCUT2D eigenvalue weighted by atomic mass is 10.2. The summed E-state index contributed by atoms with van der Waals surface area (Å²) in [5.74, 6) is -0.253. The first-order valence-corrected chi connectivity index (χ1v) is 10.2. The minimum atomic E-state index is -3.59. The largest absolute Gasteiger partial charge is 0.336 e. The van der Waals surface area contributed by atoms with E-state index in [2.05, 4.69) is 0 Å². The third kappa shape index (κ3) is 3.81. The van der Waals surface area contributed by atoms with Crippen molar-refractivity contribution < 1.29 is 13.2 Å². The summed E-state index contributed by atoms with van der Waals surface area (Å²) in [6.07, 6.45) is 1.55. The molecule has 0 bridgehead atoms. The van der Waals surface area contributed by atoms with Crippen LogP contribution in [0, 0.1) is 13.8 Å². The fourth-order valence-electron chi connectivity index (χ4n) is 3.22. The second-order valence-corrected chi connectivity index (χ2v) is 8.74. The molecule has 2 aromatic rings. The van der Waals surface area contributed by atoms with Crippen molar-refractivity contribution >= 4 is 15.9 Å². The summed E-state index contributed by atoms with van der Waals surface area (Å²) in [5, 5.41) is 0. The molecular weight excluding hydrogens is 366 g/mol. The van der Waals surface area contributed by atoms with Gasteiger partial charge in [-0.1, -0.05) is 17.7 Å². The quantitative estimate of drug-likeness (QED) is 0.789. The van der Waals surface area contributed by atoms with Crippen LogP contribution < -0.4 is 5.56 Å². The van der Waals surface area contributed by atoms with Gasteiger partial charge in [0.25, 0.3) is 11.5 Å². The molecule has 0 spiro atoms. The highest BCUT2D eigenvalue weighted by Gasteiger charge is 2.31. The summed E-state index contributed by atoms with van der Waals surface area (Å²) in [5.41, 5.74) is 1.80. The van der Waals surface area contributed by atoms with Crippen LogP contribution in [0.25, 0.3) is 0 Å². The Labute approximate surface area is 158 Å². The van der Waals surface area contributed by atoms with E-state index in [1.807, 2.05) is 13.0 Å². The van der Waals surface area contributed by atoms with E-state index in [9.17, 15) is 18.0 Å². The molecule has 1 aromatic heterocycles. The van der Waals surface area contributed by atoms with Gasteiger partial charge in [-0.3, -0.25) is 9.59 Å². The predicted molar refractivity (Wildman–Crippen MR) is 102 cm³/mol. The molecule has 144 valence electrons. The fourth-order valence-corrected chi connectivity index (χ4v) is 4.85. The molecule has 0 saturated carbocycles. The molecule has 2 heterocycles. The predicted octanol–water partition coefficient (Wildman–Crippen LogP) is 1.15. The maximum atomic E-state index is 12.9. The van der Waals surface area contributed by atoms with Gasteiger partial charge in [-0.15, -0.1) is 0 Å². The maximum Gasteiger partial charge on any atom is 0.254 e. The van der Waals surface area contributed by atoms with Crippen LogP contribution in [0.2, 0.25) is 0 Å². The molecule has 1 saturated heterocycles. The number of pyridine rings is 1. The van der Waals surface area contributed by atoms with Crippen molar-refractivity contribution in [1.29, 1.82) is 0 Å². The Hall–Kier alpha value is -2.45. The van der Waals surface area contributed by atoms with Crippen molar-refractivity contribution in [2.75, 3.05) is 26.2 Å². The van der Waals surface area contributed by atoms with E-state index >= 15 is 0 Å². The monoisotopic (exact) mass is 389 g/mol. The number of nitrogens with zero attached hydrogens (tertiary/aromatic N) is 3. The number of hydrogen-bond donors (Lipinski definition) is 0. The van der Waals surface area contributed by atoms with Gasteiger partial charge < -0.3 is 9.47 Å². The van der Waals surface area contributed by atoms with Gasteiger partial charge in [0, 0.05) is 51.1 Å². The number of amides is 1. The highest BCUT2D eigenvalue weighted by Crippen LogP contribution is 2.22. The van der Waals surface area contributed by atoms with Crippen molar-refractivity contribution in [1.82, 2.24) is 13.8 Å². The summed E-state index contributed by atoms with van der Waals surface area (Å²) >= 11 is 0.